The Labute approximate surface area is 74.9 Å². The quantitative estimate of drug-likeness (QED) is 0.586. The first-order chi connectivity index (χ1) is 5.79. The molecule has 0 N–H and O–H groups in total. The van der Waals surface area contributed by atoms with Crippen molar-refractivity contribution in [2.24, 2.45) is 0 Å². The monoisotopic (exact) mass is 167 g/mol. The van der Waals surface area contributed by atoms with E-state index in [0.29, 0.717) is 0 Å². The minimum atomic E-state index is 0.0156. The van der Waals surface area contributed by atoms with Crippen LogP contribution in [0.4, 0.5) is 0 Å². The van der Waals surface area contributed by atoms with Crippen LogP contribution >= 0.6 is 0 Å². The number of fused-ring (bicyclic) bond motifs is 1. The second kappa shape index (κ2) is 2.74. The Hall–Kier alpha value is -0.0151. The molecule has 2 nitrogen and oxygen atoms in total. The van der Waals surface area contributed by atoms with E-state index in [4.69, 9.17) is 9.31 Å². The van der Waals surface area contributed by atoms with Gasteiger partial charge < -0.3 is 9.31 Å². The van der Waals surface area contributed by atoms with Crippen LogP contribution in [0.25, 0.3) is 0 Å². The van der Waals surface area contributed by atoms with Gasteiger partial charge in [0.25, 0.3) is 0 Å². The highest BCUT2D eigenvalue weighted by atomic mass is 16.7. The van der Waals surface area contributed by atoms with E-state index in [1.165, 1.54) is 6.42 Å². The van der Waals surface area contributed by atoms with Gasteiger partial charge in [-0.2, -0.15) is 0 Å². The molecule has 1 saturated heterocycles. The highest BCUT2D eigenvalue weighted by Gasteiger charge is 2.58. The van der Waals surface area contributed by atoms with Gasteiger partial charge in [-0.15, -0.1) is 0 Å². The van der Waals surface area contributed by atoms with Crippen molar-refractivity contribution in [1.29, 1.82) is 0 Å². The van der Waals surface area contributed by atoms with Crippen LogP contribution in [-0.2, 0) is 9.31 Å². The third kappa shape index (κ3) is 0.840. The number of hydrogen-bond donors (Lipinski definition) is 0. The lowest BCUT2D eigenvalue weighted by Gasteiger charge is -2.37. The van der Waals surface area contributed by atoms with Gasteiger partial charge in [-0.05, 0) is 32.1 Å². The van der Waals surface area contributed by atoms with Crippen molar-refractivity contribution in [2.75, 3.05) is 0 Å². The molecule has 1 aliphatic carbocycles. The average molecular weight is 167 g/mol. The van der Waals surface area contributed by atoms with Gasteiger partial charge in [0.15, 0.2) is 0 Å². The average Bonchev–Trinajstić information content (AvgIpc) is 2.58. The van der Waals surface area contributed by atoms with Crippen molar-refractivity contribution < 1.29 is 9.31 Å². The summed E-state index contributed by atoms with van der Waals surface area (Å²) in [6.07, 6.45) is 5.70. The van der Waals surface area contributed by atoms with Crippen LogP contribution in [0.5, 0.6) is 0 Å². The molecule has 0 aromatic carbocycles. The van der Waals surface area contributed by atoms with E-state index in [1.807, 2.05) is 0 Å². The minimum absolute atomic E-state index is 0.0156. The molecule has 3 heteroatoms. The third-order valence-corrected chi connectivity index (χ3v) is 3.68. The first kappa shape index (κ1) is 8.58. The molecule has 67 valence electrons. The van der Waals surface area contributed by atoms with Crippen molar-refractivity contribution in [2.45, 2.75) is 57.2 Å². The Morgan fingerprint density at radius 3 is 2.00 bits per heavy atom. The highest BCUT2D eigenvalue weighted by molar-refractivity contribution is 6.19. The topological polar surface area (TPSA) is 18.5 Å². The zero-order valence-electron chi connectivity index (χ0n) is 7.93. The SMILES string of the molecule is CC[C@@]12CCC[C@]1(CC)O[B]O2. The van der Waals surface area contributed by atoms with Crippen LogP contribution in [0.1, 0.15) is 46.0 Å². The van der Waals surface area contributed by atoms with Crippen LogP contribution in [-0.4, -0.2) is 18.9 Å². The van der Waals surface area contributed by atoms with Crippen LogP contribution in [0.2, 0.25) is 0 Å². The number of rotatable bonds is 2. The van der Waals surface area contributed by atoms with Crippen LogP contribution in [0.15, 0.2) is 0 Å². The Kier molecular flexibility index (Phi) is 1.96. The summed E-state index contributed by atoms with van der Waals surface area (Å²) in [5.41, 5.74) is 0.0312. The lowest BCUT2D eigenvalue weighted by Crippen LogP contribution is -2.46. The van der Waals surface area contributed by atoms with Gasteiger partial charge in [0.2, 0.25) is 0 Å². The van der Waals surface area contributed by atoms with E-state index in [2.05, 4.69) is 13.8 Å². The molecule has 0 bridgehead atoms. The molecule has 12 heavy (non-hydrogen) atoms. The molecule has 0 unspecified atom stereocenters. The number of hydrogen-bond acceptors (Lipinski definition) is 2. The standard InChI is InChI=1S/C9H16BO2/c1-3-8-6-5-7-9(8,4-2)12-10-11-8/h3-7H2,1-2H3/t8-,9+. The molecule has 2 rings (SSSR count). The molecular weight excluding hydrogens is 151 g/mol. The zero-order chi connectivity index (χ0) is 8.66. The smallest absolute Gasteiger partial charge is 0.405 e. The fraction of sp³-hybridized carbons (Fsp3) is 1.00. The Morgan fingerprint density at radius 1 is 1.08 bits per heavy atom. The van der Waals surface area contributed by atoms with Crippen molar-refractivity contribution in [3.8, 4) is 0 Å². The zero-order valence-corrected chi connectivity index (χ0v) is 7.93. The van der Waals surface area contributed by atoms with Crippen molar-refractivity contribution in [3.05, 3.63) is 0 Å². The first-order valence-corrected chi connectivity index (χ1v) is 4.96. The largest absolute Gasteiger partial charge is 0.489 e. The van der Waals surface area contributed by atoms with Crippen molar-refractivity contribution in [1.82, 2.24) is 0 Å². The summed E-state index contributed by atoms with van der Waals surface area (Å²) in [7, 11) is 1.56. The summed E-state index contributed by atoms with van der Waals surface area (Å²) in [5.74, 6) is 0. The van der Waals surface area contributed by atoms with Crippen molar-refractivity contribution in [3.63, 3.8) is 0 Å². The van der Waals surface area contributed by atoms with E-state index >= 15 is 0 Å². The van der Waals surface area contributed by atoms with Gasteiger partial charge in [0.05, 0.1) is 11.2 Å². The molecule has 0 aromatic heterocycles. The van der Waals surface area contributed by atoms with Crippen molar-refractivity contribution >= 4 is 7.69 Å². The molecule has 1 saturated carbocycles. The van der Waals surface area contributed by atoms with Gasteiger partial charge in [-0.3, -0.25) is 0 Å². The Morgan fingerprint density at radius 2 is 1.58 bits per heavy atom. The van der Waals surface area contributed by atoms with Gasteiger partial charge in [0, 0.05) is 0 Å². The molecule has 0 spiro atoms. The minimum Gasteiger partial charge on any atom is -0.405 e. The first-order valence-electron chi connectivity index (χ1n) is 4.96. The van der Waals surface area contributed by atoms with E-state index in [0.717, 1.165) is 25.7 Å². The predicted octanol–water partition coefficient (Wildman–Crippen LogP) is 2.05. The van der Waals surface area contributed by atoms with Gasteiger partial charge in [-0.1, -0.05) is 13.8 Å². The van der Waals surface area contributed by atoms with Crippen LogP contribution in [0, 0.1) is 0 Å². The van der Waals surface area contributed by atoms with E-state index in [1.54, 1.807) is 7.69 Å². The maximum atomic E-state index is 5.66. The second-order valence-electron chi connectivity index (χ2n) is 3.88. The van der Waals surface area contributed by atoms with Gasteiger partial charge in [-0.25, -0.2) is 0 Å². The second-order valence-corrected chi connectivity index (χ2v) is 3.88. The summed E-state index contributed by atoms with van der Waals surface area (Å²) in [6, 6.07) is 0. The molecule has 0 aromatic rings. The Balaban J connectivity index is 2.29. The van der Waals surface area contributed by atoms with Gasteiger partial charge in [0.1, 0.15) is 0 Å². The predicted molar refractivity (Wildman–Crippen MR) is 47.8 cm³/mol. The lowest BCUT2D eigenvalue weighted by atomic mass is 9.82. The molecule has 1 radical (unpaired) electrons. The molecule has 2 atom stereocenters. The molecular formula is C9H16BO2. The maximum absolute atomic E-state index is 5.66. The summed E-state index contributed by atoms with van der Waals surface area (Å²) >= 11 is 0. The Bertz CT molecular complexity index is 153. The fourth-order valence-electron chi connectivity index (χ4n) is 2.82. The van der Waals surface area contributed by atoms with E-state index in [9.17, 15) is 0 Å². The molecule has 0 amide bonds. The van der Waals surface area contributed by atoms with Gasteiger partial charge >= 0.3 is 7.69 Å². The summed E-state index contributed by atoms with van der Waals surface area (Å²) < 4.78 is 11.3. The summed E-state index contributed by atoms with van der Waals surface area (Å²) in [6.45, 7) is 4.39. The van der Waals surface area contributed by atoms with E-state index < -0.39 is 0 Å². The summed E-state index contributed by atoms with van der Waals surface area (Å²) in [4.78, 5) is 0. The molecule has 1 aliphatic heterocycles. The van der Waals surface area contributed by atoms with Crippen LogP contribution in [0.3, 0.4) is 0 Å². The third-order valence-electron chi connectivity index (χ3n) is 3.68. The lowest BCUT2D eigenvalue weighted by molar-refractivity contribution is -0.0281. The summed E-state index contributed by atoms with van der Waals surface area (Å²) in [5, 5.41) is 0. The molecule has 1 heterocycles. The highest BCUT2D eigenvalue weighted by Crippen LogP contribution is 2.51. The maximum Gasteiger partial charge on any atom is 0.489 e. The van der Waals surface area contributed by atoms with E-state index in [-0.39, 0.29) is 11.2 Å². The van der Waals surface area contributed by atoms with Crippen LogP contribution < -0.4 is 0 Å². The molecule has 2 aliphatic rings. The fourth-order valence-corrected chi connectivity index (χ4v) is 2.82. The molecule has 2 fully saturated rings. The normalized spacial score (nSPS) is 45.8.